The van der Waals surface area contributed by atoms with Gasteiger partial charge in [0.2, 0.25) is 11.8 Å². The topological polar surface area (TPSA) is 74.7 Å². The summed E-state index contributed by atoms with van der Waals surface area (Å²) in [6.07, 6.45) is 2.14. The normalized spacial score (nSPS) is 17.8. The van der Waals surface area contributed by atoms with Crippen LogP contribution in [0, 0.1) is 11.2 Å². The van der Waals surface area contributed by atoms with Crippen molar-refractivity contribution in [3.8, 4) is 0 Å². The first kappa shape index (κ1) is 14.9. The average molecular weight is 291 g/mol. The number of hydrogen-bond donors (Lipinski definition) is 1. The van der Waals surface area contributed by atoms with Crippen molar-refractivity contribution in [2.45, 2.75) is 20.3 Å². The molecular weight excluding hydrogens is 277 g/mol. The number of carboxylic acids is 1. The number of hydrogen-bond acceptors (Lipinski definition) is 3. The molecular formula is C15H14FNO4. The van der Waals surface area contributed by atoms with Crippen LogP contribution in [0.25, 0.3) is 6.08 Å². The lowest BCUT2D eigenvalue weighted by Gasteiger charge is -2.18. The van der Waals surface area contributed by atoms with E-state index in [0.29, 0.717) is 5.56 Å². The van der Waals surface area contributed by atoms with Crippen molar-refractivity contribution in [3.05, 3.63) is 35.7 Å². The van der Waals surface area contributed by atoms with Gasteiger partial charge in [0, 0.05) is 12.5 Å². The maximum atomic E-state index is 14.1. The SMILES string of the molecule is CC1(C)CC(=O)N(c2ccc(C=CC(=O)O)cc2F)C1=O. The molecule has 1 heterocycles. The summed E-state index contributed by atoms with van der Waals surface area (Å²) in [4.78, 5) is 35.3. The predicted molar refractivity (Wildman–Crippen MR) is 74.0 cm³/mol. The monoisotopic (exact) mass is 291 g/mol. The van der Waals surface area contributed by atoms with Crippen LogP contribution in [-0.4, -0.2) is 22.9 Å². The number of benzene rings is 1. The summed E-state index contributed by atoms with van der Waals surface area (Å²) in [7, 11) is 0. The molecule has 2 amide bonds. The Hall–Kier alpha value is -2.50. The highest BCUT2D eigenvalue weighted by molar-refractivity contribution is 6.22. The van der Waals surface area contributed by atoms with Crippen LogP contribution in [0.15, 0.2) is 24.3 Å². The molecule has 0 unspecified atom stereocenters. The summed E-state index contributed by atoms with van der Waals surface area (Å²) in [5.74, 6) is -2.79. The van der Waals surface area contributed by atoms with E-state index < -0.39 is 29.0 Å². The molecule has 21 heavy (non-hydrogen) atoms. The predicted octanol–water partition coefficient (Wildman–Crippen LogP) is 2.21. The molecule has 1 aliphatic heterocycles. The minimum absolute atomic E-state index is 0.0337. The highest BCUT2D eigenvalue weighted by Gasteiger charge is 2.46. The molecule has 6 heteroatoms. The van der Waals surface area contributed by atoms with E-state index >= 15 is 0 Å². The lowest BCUT2D eigenvalue weighted by molar-refractivity contribution is -0.131. The average Bonchev–Trinajstić information content (AvgIpc) is 2.57. The van der Waals surface area contributed by atoms with Gasteiger partial charge in [-0.2, -0.15) is 0 Å². The van der Waals surface area contributed by atoms with Crippen molar-refractivity contribution in [2.75, 3.05) is 4.90 Å². The number of anilines is 1. The van der Waals surface area contributed by atoms with Gasteiger partial charge in [0.1, 0.15) is 5.82 Å². The molecule has 2 rings (SSSR count). The van der Waals surface area contributed by atoms with E-state index in [1.165, 1.54) is 18.2 Å². The van der Waals surface area contributed by atoms with Crippen molar-refractivity contribution in [1.82, 2.24) is 0 Å². The van der Waals surface area contributed by atoms with Crippen molar-refractivity contribution in [3.63, 3.8) is 0 Å². The third-order valence-electron chi connectivity index (χ3n) is 3.26. The maximum absolute atomic E-state index is 14.1. The summed E-state index contributed by atoms with van der Waals surface area (Å²) in [5.41, 5.74) is -0.620. The van der Waals surface area contributed by atoms with Gasteiger partial charge >= 0.3 is 5.97 Å². The quantitative estimate of drug-likeness (QED) is 0.684. The minimum Gasteiger partial charge on any atom is -0.478 e. The molecule has 1 aromatic carbocycles. The van der Waals surface area contributed by atoms with Crippen molar-refractivity contribution in [1.29, 1.82) is 0 Å². The van der Waals surface area contributed by atoms with Gasteiger partial charge in [0.25, 0.3) is 0 Å². The van der Waals surface area contributed by atoms with Gasteiger partial charge in [0.05, 0.1) is 11.1 Å². The fourth-order valence-electron chi connectivity index (χ4n) is 2.17. The van der Waals surface area contributed by atoms with Gasteiger partial charge in [-0.1, -0.05) is 19.9 Å². The molecule has 1 aliphatic rings. The first-order chi connectivity index (χ1) is 9.72. The lowest BCUT2D eigenvalue weighted by atomic mass is 9.92. The molecule has 1 aromatic rings. The Labute approximate surface area is 120 Å². The van der Waals surface area contributed by atoms with Crippen molar-refractivity contribution < 1.29 is 23.9 Å². The molecule has 0 aliphatic carbocycles. The van der Waals surface area contributed by atoms with Crippen molar-refractivity contribution in [2.24, 2.45) is 5.41 Å². The highest BCUT2D eigenvalue weighted by Crippen LogP contribution is 2.36. The number of carboxylic acid groups (broad SMARTS) is 1. The number of aliphatic carboxylic acids is 1. The third-order valence-corrected chi connectivity index (χ3v) is 3.26. The van der Waals surface area contributed by atoms with Gasteiger partial charge in [-0.25, -0.2) is 14.1 Å². The summed E-state index contributed by atoms with van der Waals surface area (Å²) < 4.78 is 14.1. The number of carbonyl (C=O) groups excluding carboxylic acids is 2. The number of halogens is 1. The Balaban J connectivity index is 2.36. The molecule has 0 spiro atoms. The summed E-state index contributed by atoms with van der Waals surface area (Å²) in [6.45, 7) is 3.27. The Morgan fingerprint density at radius 1 is 1.38 bits per heavy atom. The molecule has 0 radical (unpaired) electrons. The smallest absolute Gasteiger partial charge is 0.328 e. The lowest BCUT2D eigenvalue weighted by Crippen LogP contribution is -2.33. The molecule has 5 nitrogen and oxygen atoms in total. The first-order valence-electron chi connectivity index (χ1n) is 6.30. The molecule has 0 saturated carbocycles. The molecule has 0 atom stereocenters. The fraction of sp³-hybridized carbons (Fsp3) is 0.267. The zero-order chi connectivity index (χ0) is 15.8. The van der Waals surface area contributed by atoms with E-state index in [9.17, 15) is 18.8 Å². The van der Waals surface area contributed by atoms with E-state index in [-0.39, 0.29) is 12.1 Å². The molecule has 110 valence electrons. The first-order valence-corrected chi connectivity index (χ1v) is 6.30. The Bertz CT molecular complexity index is 664. The number of carbonyl (C=O) groups is 3. The van der Waals surface area contributed by atoms with E-state index in [0.717, 1.165) is 17.0 Å². The molecule has 1 fully saturated rings. The number of rotatable bonds is 3. The zero-order valence-electron chi connectivity index (χ0n) is 11.6. The zero-order valence-corrected chi connectivity index (χ0v) is 11.6. The minimum atomic E-state index is -1.15. The van der Waals surface area contributed by atoms with Gasteiger partial charge < -0.3 is 5.11 Å². The molecule has 0 aromatic heterocycles. The van der Waals surface area contributed by atoms with Crippen LogP contribution in [0.5, 0.6) is 0 Å². The maximum Gasteiger partial charge on any atom is 0.328 e. The van der Waals surface area contributed by atoms with E-state index in [4.69, 9.17) is 5.11 Å². The summed E-state index contributed by atoms with van der Waals surface area (Å²) >= 11 is 0. The second-order valence-corrected chi connectivity index (χ2v) is 5.48. The highest BCUT2D eigenvalue weighted by atomic mass is 19.1. The summed E-state index contributed by atoms with van der Waals surface area (Å²) in [6, 6.07) is 3.83. The Morgan fingerprint density at radius 2 is 2.05 bits per heavy atom. The number of nitrogens with zero attached hydrogens (tertiary/aromatic N) is 1. The van der Waals surface area contributed by atoms with Crippen LogP contribution in [0.3, 0.4) is 0 Å². The second-order valence-electron chi connectivity index (χ2n) is 5.48. The van der Waals surface area contributed by atoms with Crippen LogP contribution < -0.4 is 4.90 Å². The van der Waals surface area contributed by atoms with Gasteiger partial charge in [0.15, 0.2) is 0 Å². The van der Waals surface area contributed by atoms with Crippen LogP contribution in [-0.2, 0) is 14.4 Å². The van der Waals surface area contributed by atoms with Crippen LogP contribution in [0.4, 0.5) is 10.1 Å². The van der Waals surface area contributed by atoms with E-state index in [2.05, 4.69) is 0 Å². The second kappa shape index (κ2) is 5.12. The van der Waals surface area contributed by atoms with Gasteiger partial charge in [-0.15, -0.1) is 0 Å². The van der Waals surface area contributed by atoms with Gasteiger partial charge in [-0.05, 0) is 23.8 Å². The number of amides is 2. The van der Waals surface area contributed by atoms with Crippen LogP contribution in [0.2, 0.25) is 0 Å². The Morgan fingerprint density at radius 3 is 2.52 bits per heavy atom. The number of imide groups is 1. The Kier molecular flexibility index (Phi) is 3.63. The standard InChI is InChI=1S/C15H14FNO4/c1-15(2)8-12(18)17(14(15)21)11-5-3-9(7-10(11)16)4-6-13(19)20/h3-7H,8H2,1-2H3,(H,19,20). The largest absolute Gasteiger partial charge is 0.478 e. The molecule has 0 bridgehead atoms. The van der Waals surface area contributed by atoms with Crippen LogP contribution in [0.1, 0.15) is 25.8 Å². The van der Waals surface area contributed by atoms with E-state index in [1.807, 2.05) is 0 Å². The van der Waals surface area contributed by atoms with Gasteiger partial charge in [-0.3, -0.25) is 9.59 Å². The fourth-order valence-corrected chi connectivity index (χ4v) is 2.17. The van der Waals surface area contributed by atoms with E-state index in [1.54, 1.807) is 13.8 Å². The molecule has 1 N–H and O–H groups in total. The molecule has 1 saturated heterocycles. The third kappa shape index (κ3) is 2.84. The van der Waals surface area contributed by atoms with Crippen LogP contribution >= 0.6 is 0 Å². The summed E-state index contributed by atoms with van der Waals surface area (Å²) in [5, 5.41) is 8.52. The van der Waals surface area contributed by atoms with Crippen molar-refractivity contribution >= 4 is 29.5 Å².